The molecular weight excluding hydrogens is 455 g/mol. The van der Waals surface area contributed by atoms with Crippen LogP contribution in [0.1, 0.15) is 15.9 Å². The zero-order chi connectivity index (χ0) is 23.5. The van der Waals surface area contributed by atoms with Crippen LogP contribution in [-0.2, 0) is 20.9 Å². The number of nitrogens with one attached hydrogen (secondary N) is 1. The molecule has 0 radical (unpaired) electrons. The molecule has 0 aromatic heterocycles. The molecule has 2 aromatic rings. The predicted octanol–water partition coefficient (Wildman–Crippen LogP) is 2.93. The van der Waals surface area contributed by atoms with Crippen molar-refractivity contribution in [3.05, 3.63) is 63.7 Å². The van der Waals surface area contributed by atoms with Crippen LogP contribution in [0.3, 0.4) is 0 Å². The monoisotopic (exact) mass is 473 g/mol. The fourth-order valence-corrected chi connectivity index (χ4v) is 4.54. The van der Waals surface area contributed by atoms with E-state index in [2.05, 4.69) is 5.32 Å². The number of Topliss-reactive ketones (excluding diaryl/α,β-unsaturated/α-hetero) is 1. The van der Waals surface area contributed by atoms with E-state index in [1.165, 1.54) is 28.6 Å². The lowest BCUT2D eigenvalue weighted by atomic mass is 10.1. The van der Waals surface area contributed by atoms with Crippen LogP contribution in [0.5, 0.6) is 0 Å². The van der Waals surface area contributed by atoms with Crippen LogP contribution in [0.25, 0.3) is 0 Å². The molecule has 1 fully saturated rings. The fraction of sp³-hybridized carbons (Fsp3) is 0.316. The van der Waals surface area contributed by atoms with E-state index >= 15 is 0 Å². The van der Waals surface area contributed by atoms with Crippen molar-refractivity contribution in [2.75, 3.05) is 38.2 Å². The minimum Gasteiger partial charge on any atom is -0.379 e. The van der Waals surface area contributed by atoms with Gasteiger partial charge in [0.15, 0.2) is 5.78 Å². The number of ether oxygens (including phenoxy) is 1. The van der Waals surface area contributed by atoms with Crippen LogP contribution >= 0.6 is 0 Å². The molecule has 1 saturated heterocycles. The lowest BCUT2D eigenvalue weighted by Crippen LogP contribution is -2.40. The van der Waals surface area contributed by atoms with Crippen molar-refractivity contribution in [1.82, 2.24) is 4.31 Å². The number of hydrogen-bond acceptors (Lipinski definition) is 7. The third kappa shape index (κ3) is 5.23. The highest BCUT2D eigenvalue weighted by molar-refractivity contribution is 7.89. The smallest absolute Gasteiger partial charge is 0.379 e. The number of ketones is 1. The Hall–Kier alpha value is -3.03. The van der Waals surface area contributed by atoms with Crippen LogP contribution in [0, 0.1) is 10.1 Å². The molecule has 0 aliphatic carbocycles. The molecule has 1 N–H and O–H groups in total. The first kappa shape index (κ1) is 23.6. The van der Waals surface area contributed by atoms with Gasteiger partial charge in [0.2, 0.25) is 10.0 Å². The zero-order valence-corrected chi connectivity index (χ0v) is 17.3. The van der Waals surface area contributed by atoms with E-state index in [0.717, 1.165) is 6.07 Å². The van der Waals surface area contributed by atoms with Crippen molar-refractivity contribution in [3.63, 3.8) is 0 Å². The summed E-state index contributed by atoms with van der Waals surface area (Å²) in [5, 5.41) is 13.3. The molecule has 0 atom stereocenters. The Kier molecular flexibility index (Phi) is 6.81. The molecule has 32 heavy (non-hydrogen) atoms. The Morgan fingerprint density at radius 2 is 1.84 bits per heavy atom. The summed E-state index contributed by atoms with van der Waals surface area (Å²) < 4.78 is 71.2. The third-order valence-corrected chi connectivity index (χ3v) is 6.61. The number of nitro groups is 1. The second-order valence-corrected chi connectivity index (χ2v) is 8.75. The van der Waals surface area contributed by atoms with Crippen molar-refractivity contribution in [2.45, 2.75) is 11.1 Å². The van der Waals surface area contributed by atoms with E-state index < -0.39 is 44.7 Å². The van der Waals surface area contributed by atoms with Crippen molar-refractivity contribution >= 4 is 27.2 Å². The number of carbonyl (C=O) groups excluding carboxylic acids is 1. The van der Waals surface area contributed by atoms with E-state index in [1.807, 2.05) is 0 Å². The summed E-state index contributed by atoms with van der Waals surface area (Å²) in [6.07, 6.45) is -4.95. The summed E-state index contributed by atoms with van der Waals surface area (Å²) in [6.45, 7) is 0.442. The van der Waals surface area contributed by atoms with Crippen molar-refractivity contribution in [1.29, 1.82) is 0 Å². The molecule has 1 aliphatic rings. The predicted molar refractivity (Wildman–Crippen MR) is 107 cm³/mol. The maximum Gasteiger partial charge on any atom is 0.423 e. The Morgan fingerprint density at radius 3 is 2.47 bits per heavy atom. The van der Waals surface area contributed by atoms with Gasteiger partial charge in [0, 0.05) is 30.4 Å². The number of carbonyl (C=O) groups is 1. The van der Waals surface area contributed by atoms with Gasteiger partial charge in [-0.25, -0.2) is 8.42 Å². The second-order valence-electron chi connectivity index (χ2n) is 6.81. The van der Waals surface area contributed by atoms with E-state index in [9.17, 15) is 36.5 Å². The van der Waals surface area contributed by atoms with E-state index in [4.69, 9.17) is 4.74 Å². The minimum atomic E-state index is -4.95. The van der Waals surface area contributed by atoms with Gasteiger partial charge in [-0.2, -0.15) is 17.5 Å². The largest absolute Gasteiger partial charge is 0.423 e. The Labute approximate surface area is 181 Å². The number of rotatable bonds is 7. The summed E-state index contributed by atoms with van der Waals surface area (Å²) >= 11 is 0. The number of nitrogens with zero attached hydrogens (tertiary/aromatic N) is 2. The molecule has 1 aliphatic heterocycles. The molecule has 2 aromatic carbocycles. The van der Waals surface area contributed by atoms with Gasteiger partial charge in [0.1, 0.15) is 5.56 Å². The number of morpholine rings is 1. The fourth-order valence-electron chi connectivity index (χ4n) is 3.08. The SMILES string of the molecule is O=C(CNc1ccc([N+](=O)[O-])c(C(F)(F)F)c1)c1cccc(S(=O)(=O)N2CCOCC2)c1. The highest BCUT2D eigenvalue weighted by Crippen LogP contribution is 2.37. The van der Waals surface area contributed by atoms with Gasteiger partial charge in [0.25, 0.3) is 5.69 Å². The summed E-state index contributed by atoms with van der Waals surface area (Å²) in [6, 6.07) is 7.64. The normalized spacial score (nSPS) is 15.3. The standard InChI is InChI=1S/C19H18F3N3O6S/c20-19(21,22)16-11-14(4-5-17(16)25(27)28)23-12-18(26)13-2-1-3-15(10-13)32(29,30)24-6-8-31-9-7-24/h1-5,10-11,23H,6-9,12H2. The summed E-state index contributed by atoms with van der Waals surface area (Å²) in [5.74, 6) is -0.573. The maximum atomic E-state index is 13.1. The molecule has 13 heteroatoms. The quantitative estimate of drug-likeness (QED) is 0.373. The van der Waals surface area contributed by atoms with Crippen molar-refractivity contribution in [3.8, 4) is 0 Å². The lowest BCUT2D eigenvalue weighted by molar-refractivity contribution is -0.388. The van der Waals surface area contributed by atoms with Crippen LogP contribution in [0.4, 0.5) is 24.5 Å². The van der Waals surface area contributed by atoms with Gasteiger partial charge in [0.05, 0.1) is 29.6 Å². The number of halogens is 3. The highest BCUT2D eigenvalue weighted by atomic mass is 32.2. The molecule has 9 nitrogen and oxygen atoms in total. The molecule has 0 bridgehead atoms. The minimum absolute atomic E-state index is 0.0461. The van der Waals surface area contributed by atoms with Crippen LogP contribution in [0.2, 0.25) is 0 Å². The Balaban J connectivity index is 1.76. The first-order valence-electron chi connectivity index (χ1n) is 9.31. The number of nitro benzene ring substituents is 1. The first-order valence-corrected chi connectivity index (χ1v) is 10.7. The van der Waals surface area contributed by atoms with Gasteiger partial charge >= 0.3 is 6.18 Å². The van der Waals surface area contributed by atoms with Gasteiger partial charge in [-0.05, 0) is 24.3 Å². The number of sulfonamides is 1. The first-order chi connectivity index (χ1) is 15.0. The second kappa shape index (κ2) is 9.22. The highest BCUT2D eigenvalue weighted by Gasteiger charge is 2.38. The molecule has 172 valence electrons. The van der Waals surface area contributed by atoms with Crippen LogP contribution in [-0.4, -0.2) is 56.3 Å². The Morgan fingerprint density at radius 1 is 1.16 bits per heavy atom. The lowest BCUT2D eigenvalue weighted by Gasteiger charge is -2.26. The number of alkyl halides is 3. The molecule has 0 unspecified atom stereocenters. The molecule has 3 rings (SSSR count). The molecule has 1 heterocycles. The van der Waals surface area contributed by atoms with Crippen LogP contribution in [0.15, 0.2) is 47.4 Å². The molecular formula is C19H18F3N3O6S. The number of anilines is 1. The summed E-state index contributed by atoms with van der Waals surface area (Å²) in [5.41, 5.74) is -2.65. The maximum absolute atomic E-state index is 13.1. The average molecular weight is 473 g/mol. The molecule has 0 saturated carbocycles. The van der Waals surface area contributed by atoms with Crippen molar-refractivity contribution < 1.29 is 36.0 Å². The molecule has 0 spiro atoms. The topological polar surface area (TPSA) is 119 Å². The van der Waals surface area contributed by atoms with Gasteiger partial charge < -0.3 is 10.1 Å². The number of benzene rings is 2. The van der Waals surface area contributed by atoms with E-state index in [-0.39, 0.29) is 42.4 Å². The van der Waals surface area contributed by atoms with E-state index in [0.29, 0.717) is 12.1 Å². The van der Waals surface area contributed by atoms with E-state index in [1.54, 1.807) is 0 Å². The average Bonchev–Trinajstić information content (AvgIpc) is 2.77. The Bertz CT molecular complexity index is 1130. The third-order valence-electron chi connectivity index (χ3n) is 4.72. The summed E-state index contributed by atoms with van der Waals surface area (Å²) in [4.78, 5) is 22.1. The zero-order valence-electron chi connectivity index (χ0n) is 16.5. The van der Waals surface area contributed by atoms with Crippen LogP contribution < -0.4 is 5.32 Å². The summed E-state index contributed by atoms with van der Waals surface area (Å²) in [7, 11) is -3.83. The molecule has 0 amide bonds. The van der Waals surface area contributed by atoms with Crippen molar-refractivity contribution in [2.24, 2.45) is 0 Å². The van der Waals surface area contributed by atoms with Gasteiger partial charge in [-0.1, -0.05) is 12.1 Å². The number of hydrogen-bond donors (Lipinski definition) is 1. The van der Waals surface area contributed by atoms with Gasteiger partial charge in [-0.15, -0.1) is 0 Å². The van der Waals surface area contributed by atoms with Gasteiger partial charge in [-0.3, -0.25) is 14.9 Å².